The van der Waals surface area contributed by atoms with Crippen LogP contribution in [-0.4, -0.2) is 45.5 Å². The van der Waals surface area contributed by atoms with E-state index in [0.29, 0.717) is 25.5 Å². The summed E-state index contributed by atoms with van der Waals surface area (Å²) in [5.74, 6) is 1.71. The number of guanidine groups is 1. The van der Waals surface area contributed by atoms with Gasteiger partial charge in [-0.2, -0.15) is 0 Å². The molecule has 0 bridgehead atoms. The van der Waals surface area contributed by atoms with E-state index < -0.39 is 9.84 Å². The molecule has 1 rings (SSSR count). The summed E-state index contributed by atoms with van der Waals surface area (Å²) in [7, 11) is -2.95. The first-order valence-corrected chi connectivity index (χ1v) is 9.71. The summed E-state index contributed by atoms with van der Waals surface area (Å²) in [6.07, 6.45) is 4.18. The fraction of sp³-hybridized carbons (Fsp3) is 0.562. The van der Waals surface area contributed by atoms with Gasteiger partial charge in [-0.05, 0) is 32.4 Å². The minimum absolute atomic E-state index is 0. The Morgan fingerprint density at radius 3 is 2.71 bits per heavy atom. The van der Waals surface area contributed by atoms with Crippen LogP contribution < -0.4 is 10.6 Å². The van der Waals surface area contributed by atoms with Crippen molar-refractivity contribution in [3.8, 4) is 0 Å². The maximum absolute atomic E-state index is 11.2. The fourth-order valence-corrected chi connectivity index (χ4v) is 2.60. The minimum Gasteiger partial charge on any atom is -0.469 e. The van der Waals surface area contributed by atoms with Crippen LogP contribution >= 0.6 is 24.0 Å². The van der Waals surface area contributed by atoms with Crippen LogP contribution in [0, 0.1) is 0 Å². The van der Waals surface area contributed by atoms with Gasteiger partial charge >= 0.3 is 0 Å². The molecule has 0 amide bonds. The normalized spacial score (nSPS) is 13.0. The number of hydrogen-bond donors (Lipinski definition) is 2. The van der Waals surface area contributed by atoms with Crippen LogP contribution in [0.3, 0.4) is 0 Å². The zero-order chi connectivity index (χ0) is 17.3. The second kappa shape index (κ2) is 11.5. The highest BCUT2D eigenvalue weighted by molar-refractivity contribution is 14.0. The molecule has 6 nitrogen and oxygen atoms in total. The molecule has 0 saturated carbocycles. The summed E-state index contributed by atoms with van der Waals surface area (Å²) in [4.78, 5) is 4.44. The van der Waals surface area contributed by atoms with Gasteiger partial charge in [0.05, 0.1) is 18.6 Å². The Hall–Kier alpha value is -1.03. The first kappa shape index (κ1) is 23.0. The Morgan fingerprint density at radius 2 is 2.17 bits per heavy atom. The van der Waals surface area contributed by atoms with Gasteiger partial charge in [0, 0.05) is 25.3 Å². The van der Waals surface area contributed by atoms with Crippen molar-refractivity contribution in [3.63, 3.8) is 0 Å². The quantitative estimate of drug-likeness (QED) is 0.251. The fourth-order valence-electron chi connectivity index (χ4n) is 1.82. The predicted octanol–water partition coefficient (Wildman–Crippen LogP) is 2.37. The van der Waals surface area contributed by atoms with Gasteiger partial charge in [-0.15, -0.1) is 24.0 Å². The number of nitrogens with zero attached hydrogens (tertiary/aromatic N) is 1. The molecule has 0 aromatic carbocycles. The standard InChI is InChI=1S/C16H27N3O3S.HI/c1-13(2)12-18-16(17-9-7-15-6-5-10-22-15)19-14(3)8-11-23(4,20)21;/h5-6,10,14H,1,7-9,11-12H2,2-4H3,(H2,17,18,19);1H. The van der Waals surface area contributed by atoms with Gasteiger partial charge in [0.2, 0.25) is 0 Å². The maximum Gasteiger partial charge on any atom is 0.191 e. The molecular weight excluding hydrogens is 441 g/mol. The van der Waals surface area contributed by atoms with E-state index in [4.69, 9.17) is 4.42 Å². The average Bonchev–Trinajstić information content (AvgIpc) is 2.94. The third kappa shape index (κ3) is 11.5. The Labute approximate surface area is 162 Å². The molecular formula is C16H28IN3O3S. The van der Waals surface area contributed by atoms with Gasteiger partial charge < -0.3 is 15.1 Å². The number of nitrogens with one attached hydrogen (secondary N) is 2. The third-order valence-corrected chi connectivity index (χ3v) is 4.03. The zero-order valence-corrected chi connectivity index (χ0v) is 17.7. The van der Waals surface area contributed by atoms with E-state index in [1.807, 2.05) is 26.0 Å². The first-order valence-electron chi connectivity index (χ1n) is 7.65. The summed E-state index contributed by atoms with van der Waals surface area (Å²) in [6, 6.07) is 3.79. The molecule has 1 unspecified atom stereocenters. The number of aliphatic imine (C=N–C) groups is 1. The number of halogens is 1. The average molecular weight is 469 g/mol. The summed E-state index contributed by atoms with van der Waals surface area (Å²) < 4.78 is 27.8. The summed E-state index contributed by atoms with van der Waals surface area (Å²) >= 11 is 0. The lowest BCUT2D eigenvalue weighted by Crippen LogP contribution is -2.43. The Morgan fingerprint density at radius 1 is 1.46 bits per heavy atom. The van der Waals surface area contributed by atoms with Crippen LogP contribution in [0.1, 0.15) is 26.0 Å². The minimum atomic E-state index is -2.95. The maximum atomic E-state index is 11.2. The zero-order valence-electron chi connectivity index (χ0n) is 14.5. The second-order valence-electron chi connectivity index (χ2n) is 5.84. The predicted molar refractivity (Wildman–Crippen MR) is 110 cm³/mol. The van der Waals surface area contributed by atoms with Gasteiger partial charge in [-0.25, -0.2) is 13.4 Å². The van der Waals surface area contributed by atoms with Crippen molar-refractivity contribution in [2.24, 2.45) is 4.99 Å². The van der Waals surface area contributed by atoms with Crippen molar-refractivity contribution in [3.05, 3.63) is 36.3 Å². The van der Waals surface area contributed by atoms with Gasteiger partial charge in [0.25, 0.3) is 0 Å². The SMILES string of the molecule is C=C(C)CN=C(NCCc1ccco1)NC(C)CCS(C)(=O)=O.I. The topological polar surface area (TPSA) is 83.7 Å². The molecule has 0 saturated heterocycles. The van der Waals surface area contributed by atoms with E-state index in [1.54, 1.807) is 6.26 Å². The van der Waals surface area contributed by atoms with Gasteiger partial charge in [0.1, 0.15) is 15.6 Å². The summed E-state index contributed by atoms with van der Waals surface area (Å²) in [6.45, 7) is 8.89. The van der Waals surface area contributed by atoms with Gasteiger partial charge in [-0.3, -0.25) is 0 Å². The number of rotatable bonds is 9. The number of hydrogen-bond acceptors (Lipinski definition) is 4. The van der Waals surface area contributed by atoms with Crippen LogP contribution in [0.4, 0.5) is 0 Å². The van der Waals surface area contributed by atoms with E-state index in [0.717, 1.165) is 17.8 Å². The van der Waals surface area contributed by atoms with Crippen molar-refractivity contribution in [2.45, 2.75) is 32.7 Å². The van der Waals surface area contributed by atoms with Crippen molar-refractivity contribution in [1.29, 1.82) is 0 Å². The molecule has 0 spiro atoms. The Bertz CT molecular complexity index is 613. The molecule has 1 aromatic rings. The molecule has 24 heavy (non-hydrogen) atoms. The van der Waals surface area contributed by atoms with E-state index in [2.05, 4.69) is 22.2 Å². The van der Waals surface area contributed by atoms with Crippen molar-refractivity contribution < 1.29 is 12.8 Å². The lowest BCUT2D eigenvalue weighted by atomic mass is 10.2. The molecule has 1 atom stereocenters. The van der Waals surface area contributed by atoms with Crippen LogP contribution in [0.2, 0.25) is 0 Å². The van der Waals surface area contributed by atoms with Gasteiger partial charge in [-0.1, -0.05) is 12.2 Å². The highest BCUT2D eigenvalue weighted by Crippen LogP contribution is 2.00. The second-order valence-corrected chi connectivity index (χ2v) is 8.10. The van der Waals surface area contributed by atoms with E-state index in [1.165, 1.54) is 6.26 Å². The smallest absolute Gasteiger partial charge is 0.191 e. The monoisotopic (exact) mass is 469 g/mol. The highest BCUT2D eigenvalue weighted by atomic mass is 127. The first-order chi connectivity index (χ1) is 10.8. The number of furan rings is 1. The number of sulfone groups is 1. The third-order valence-electron chi connectivity index (χ3n) is 3.06. The van der Waals surface area contributed by atoms with Crippen LogP contribution in [-0.2, 0) is 16.3 Å². The largest absolute Gasteiger partial charge is 0.469 e. The van der Waals surface area contributed by atoms with Crippen molar-refractivity contribution >= 4 is 39.8 Å². The molecule has 1 aromatic heterocycles. The molecule has 0 aliphatic rings. The van der Waals surface area contributed by atoms with Crippen LogP contribution in [0.5, 0.6) is 0 Å². The Kier molecular flexibility index (Phi) is 11.0. The van der Waals surface area contributed by atoms with E-state index in [9.17, 15) is 8.42 Å². The van der Waals surface area contributed by atoms with E-state index >= 15 is 0 Å². The van der Waals surface area contributed by atoms with Gasteiger partial charge in [0.15, 0.2) is 5.96 Å². The van der Waals surface area contributed by atoms with E-state index in [-0.39, 0.29) is 35.8 Å². The lowest BCUT2D eigenvalue weighted by molar-refractivity contribution is 0.506. The Balaban J connectivity index is 0.00000529. The van der Waals surface area contributed by atoms with Crippen LogP contribution in [0.15, 0.2) is 40.0 Å². The van der Waals surface area contributed by atoms with Crippen LogP contribution in [0.25, 0.3) is 0 Å². The van der Waals surface area contributed by atoms with Crippen molar-refractivity contribution in [1.82, 2.24) is 10.6 Å². The molecule has 0 aliphatic carbocycles. The summed E-state index contributed by atoms with van der Waals surface area (Å²) in [5.41, 5.74) is 0.959. The lowest BCUT2D eigenvalue weighted by Gasteiger charge is -2.18. The molecule has 138 valence electrons. The van der Waals surface area contributed by atoms with Crippen molar-refractivity contribution in [2.75, 3.05) is 25.1 Å². The molecule has 2 N–H and O–H groups in total. The molecule has 0 fully saturated rings. The molecule has 1 heterocycles. The molecule has 0 aliphatic heterocycles. The molecule has 8 heteroatoms. The summed E-state index contributed by atoms with van der Waals surface area (Å²) in [5, 5.41) is 6.46. The highest BCUT2D eigenvalue weighted by Gasteiger charge is 2.10. The molecule has 0 radical (unpaired) electrons.